The van der Waals surface area contributed by atoms with Gasteiger partial charge in [-0.2, -0.15) is 0 Å². The van der Waals surface area contributed by atoms with Gasteiger partial charge in [-0.15, -0.1) is 0 Å². The molecule has 0 saturated carbocycles. The molecule has 0 saturated heterocycles. The van der Waals surface area contributed by atoms with Gasteiger partial charge >= 0.3 is 0 Å². The predicted molar refractivity (Wildman–Crippen MR) is 121 cm³/mol. The van der Waals surface area contributed by atoms with Gasteiger partial charge in [-0.3, -0.25) is 9.59 Å². The monoisotopic (exact) mass is 442 g/mol. The second-order valence-electron chi connectivity index (χ2n) is 7.06. The Bertz CT molecular complexity index is 1050. The topological polar surface area (TPSA) is 67.4 Å². The quantitative estimate of drug-likeness (QED) is 0.488. The lowest BCUT2D eigenvalue weighted by atomic mass is 10.1. The van der Waals surface area contributed by atoms with Crippen molar-refractivity contribution in [3.63, 3.8) is 0 Å². The van der Waals surface area contributed by atoms with Gasteiger partial charge in [0, 0.05) is 27.0 Å². The van der Waals surface area contributed by atoms with Gasteiger partial charge < -0.3 is 15.4 Å². The molecule has 3 rings (SSSR count). The fourth-order valence-corrected chi connectivity index (χ4v) is 2.91. The van der Waals surface area contributed by atoms with E-state index in [1.165, 1.54) is 0 Å². The van der Waals surface area contributed by atoms with Crippen LogP contribution >= 0.6 is 23.2 Å². The molecule has 0 aliphatic heterocycles. The van der Waals surface area contributed by atoms with Crippen molar-refractivity contribution in [2.24, 2.45) is 0 Å². The number of ether oxygens (including phenoxy) is 1. The maximum Gasteiger partial charge on any atom is 0.267 e. The minimum absolute atomic E-state index is 0.271. The fraction of sp³-hybridized carbons (Fsp3) is 0.130. The summed E-state index contributed by atoms with van der Waals surface area (Å²) < 4.78 is 5.79. The number of carbonyl (C=O) groups excluding carboxylic acids is 2. The zero-order valence-electron chi connectivity index (χ0n) is 16.4. The van der Waals surface area contributed by atoms with Crippen molar-refractivity contribution in [2.45, 2.75) is 19.4 Å². The average molecular weight is 443 g/mol. The number of anilines is 2. The van der Waals surface area contributed by atoms with E-state index in [1.54, 1.807) is 86.6 Å². The van der Waals surface area contributed by atoms with Crippen LogP contribution in [0.2, 0.25) is 10.0 Å². The van der Waals surface area contributed by atoms with Crippen molar-refractivity contribution in [1.29, 1.82) is 0 Å². The molecule has 154 valence electrons. The maximum absolute atomic E-state index is 12.6. The van der Waals surface area contributed by atoms with Crippen molar-refractivity contribution in [3.05, 3.63) is 88.4 Å². The van der Waals surface area contributed by atoms with Crippen LogP contribution in [0.25, 0.3) is 0 Å². The van der Waals surface area contributed by atoms with E-state index in [1.807, 2.05) is 0 Å². The highest BCUT2D eigenvalue weighted by molar-refractivity contribution is 6.31. The van der Waals surface area contributed by atoms with Gasteiger partial charge in [-0.05, 0) is 80.6 Å². The van der Waals surface area contributed by atoms with E-state index in [-0.39, 0.29) is 11.8 Å². The van der Waals surface area contributed by atoms with Crippen LogP contribution in [-0.2, 0) is 4.79 Å². The summed E-state index contributed by atoms with van der Waals surface area (Å²) in [6.45, 7) is 3.35. The smallest absolute Gasteiger partial charge is 0.267 e. The third-order valence-electron chi connectivity index (χ3n) is 4.22. The SMILES string of the molecule is CC(C)(Oc1ccc(Cl)cc1)C(=O)Nc1ccc(NC(=O)c2cccc(Cl)c2)cc1. The number of amides is 2. The van der Waals surface area contributed by atoms with Crippen LogP contribution in [0.5, 0.6) is 5.75 Å². The normalized spacial score (nSPS) is 10.9. The molecule has 0 fully saturated rings. The minimum atomic E-state index is -1.10. The van der Waals surface area contributed by atoms with E-state index in [0.29, 0.717) is 32.7 Å². The van der Waals surface area contributed by atoms with Gasteiger partial charge in [-0.1, -0.05) is 29.3 Å². The summed E-state index contributed by atoms with van der Waals surface area (Å²) in [6.07, 6.45) is 0. The van der Waals surface area contributed by atoms with Gasteiger partial charge in [-0.25, -0.2) is 0 Å². The first kappa shape index (κ1) is 21.7. The van der Waals surface area contributed by atoms with Crippen molar-refractivity contribution < 1.29 is 14.3 Å². The molecule has 30 heavy (non-hydrogen) atoms. The van der Waals surface area contributed by atoms with Gasteiger partial charge in [0.05, 0.1) is 0 Å². The summed E-state index contributed by atoms with van der Waals surface area (Å²) in [7, 11) is 0. The molecule has 3 aromatic rings. The highest BCUT2D eigenvalue weighted by Crippen LogP contribution is 2.23. The van der Waals surface area contributed by atoms with Gasteiger partial charge in [0.25, 0.3) is 11.8 Å². The van der Waals surface area contributed by atoms with E-state index in [4.69, 9.17) is 27.9 Å². The molecule has 0 atom stereocenters. The molecule has 2 amide bonds. The summed E-state index contributed by atoms with van der Waals surface area (Å²) >= 11 is 11.8. The van der Waals surface area contributed by atoms with E-state index in [2.05, 4.69) is 10.6 Å². The molecule has 3 aromatic carbocycles. The Balaban J connectivity index is 1.61. The molecular weight excluding hydrogens is 423 g/mol. The van der Waals surface area contributed by atoms with Crippen molar-refractivity contribution in [3.8, 4) is 5.75 Å². The Kier molecular flexibility index (Phi) is 6.65. The lowest BCUT2D eigenvalue weighted by Gasteiger charge is -2.25. The first-order chi connectivity index (χ1) is 14.2. The largest absolute Gasteiger partial charge is 0.478 e. The Morgan fingerprint density at radius 3 is 2.00 bits per heavy atom. The van der Waals surface area contributed by atoms with Crippen LogP contribution in [0.3, 0.4) is 0 Å². The Morgan fingerprint density at radius 2 is 1.40 bits per heavy atom. The Hall–Kier alpha value is -3.02. The first-order valence-electron chi connectivity index (χ1n) is 9.16. The number of hydrogen-bond acceptors (Lipinski definition) is 3. The highest BCUT2D eigenvalue weighted by atomic mass is 35.5. The van der Waals surface area contributed by atoms with Crippen LogP contribution in [0.1, 0.15) is 24.2 Å². The number of carbonyl (C=O) groups is 2. The van der Waals surface area contributed by atoms with Crippen molar-refractivity contribution in [1.82, 2.24) is 0 Å². The Morgan fingerprint density at radius 1 is 0.800 bits per heavy atom. The van der Waals surface area contributed by atoms with Crippen molar-refractivity contribution >= 4 is 46.4 Å². The zero-order valence-corrected chi connectivity index (χ0v) is 17.9. The van der Waals surface area contributed by atoms with Gasteiger partial charge in [0.1, 0.15) is 5.75 Å². The molecule has 2 N–H and O–H groups in total. The number of halogens is 2. The molecule has 0 spiro atoms. The molecule has 7 heteroatoms. The van der Waals surface area contributed by atoms with Crippen LogP contribution in [0, 0.1) is 0 Å². The fourth-order valence-electron chi connectivity index (χ4n) is 2.60. The molecular formula is C23H20Cl2N2O3. The van der Waals surface area contributed by atoms with E-state index < -0.39 is 5.60 Å². The summed E-state index contributed by atoms with van der Waals surface area (Å²) in [6, 6.07) is 20.3. The van der Waals surface area contributed by atoms with Crippen LogP contribution in [0.4, 0.5) is 11.4 Å². The molecule has 0 aromatic heterocycles. The molecule has 0 aliphatic rings. The summed E-state index contributed by atoms with van der Waals surface area (Å²) in [4.78, 5) is 24.9. The summed E-state index contributed by atoms with van der Waals surface area (Å²) in [5.74, 6) is -0.0430. The standard InChI is InChI=1S/C23H20Cl2N2O3/c1-23(2,30-20-12-6-16(24)7-13-20)22(29)27-19-10-8-18(9-11-19)26-21(28)15-4-3-5-17(25)14-15/h3-14H,1-2H3,(H,26,28)(H,27,29). The highest BCUT2D eigenvalue weighted by Gasteiger charge is 2.30. The van der Waals surface area contributed by atoms with Crippen LogP contribution < -0.4 is 15.4 Å². The first-order valence-corrected chi connectivity index (χ1v) is 9.91. The van der Waals surface area contributed by atoms with E-state index >= 15 is 0 Å². The maximum atomic E-state index is 12.6. The van der Waals surface area contributed by atoms with E-state index in [0.717, 1.165) is 0 Å². The number of hydrogen-bond donors (Lipinski definition) is 2. The molecule has 0 aliphatic carbocycles. The second-order valence-corrected chi connectivity index (χ2v) is 7.94. The van der Waals surface area contributed by atoms with E-state index in [9.17, 15) is 9.59 Å². The summed E-state index contributed by atoms with van der Waals surface area (Å²) in [5, 5.41) is 6.68. The lowest BCUT2D eigenvalue weighted by molar-refractivity contribution is -0.128. The molecule has 0 radical (unpaired) electrons. The molecule has 0 unspecified atom stereocenters. The number of nitrogens with one attached hydrogen (secondary N) is 2. The number of benzene rings is 3. The molecule has 0 heterocycles. The zero-order chi connectivity index (χ0) is 21.7. The van der Waals surface area contributed by atoms with Crippen LogP contribution in [0.15, 0.2) is 72.8 Å². The predicted octanol–water partition coefficient (Wildman–Crippen LogP) is 6.04. The molecule has 0 bridgehead atoms. The minimum Gasteiger partial charge on any atom is -0.478 e. The number of rotatable bonds is 6. The third kappa shape index (κ3) is 5.75. The lowest BCUT2D eigenvalue weighted by Crippen LogP contribution is -2.42. The second kappa shape index (κ2) is 9.20. The summed E-state index contributed by atoms with van der Waals surface area (Å²) in [5.41, 5.74) is 0.525. The third-order valence-corrected chi connectivity index (χ3v) is 4.71. The van der Waals surface area contributed by atoms with Crippen molar-refractivity contribution in [2.75, 3.05) is 10.6 Å². The van der Waals surface area contributed by atoms with Crippen LogP contribution in [-0.4, -0.2) is 17.4 Å². The average Bonchev–Trinajstić information content (AvgIpc) is 2.71. The Labute approximate surface area is 185 Å². The van der Waals surface area contributed by atoms with Gasteiger partial charge in [0.15, 0.2) is 5.60 Å². The van der Waals surface area contributed by atoms with Gasteiger partial charge in [0.2, 0.25) is 0 Å². The molecule has 5 nitrogen and oxygen atoms in total.